The van der Waals surface area contributed by atoms with E-state index in [2.05, 4.69) is 10.4 Å². The van der Waals surface area contributed by atoms with Crippen molar-refractivity contribution in [3.05, 3.63) is 84.1 Å². The molecule has 2 heterocycles. The minimum Gasteiger partial charge on any atom is -0.494 e. The molecule has 188 valence electrons. The maximum atomic E-state index is 14.2. The van der Waals surface area contributed by atoms with E-state index in [-0.39, 0.29) is 35.7 Å². The number of aromatic nitrogens is 2. The van der Waals surface area contributed by atoms with Crippen LogP contribution in [0.4, 0.5) is 14.5 Å². The average molecular weight is 503 g/mol. The molecule has 2 atom stereocenters. The predicted molar refractivity (Wildman–Crippen MR) is 133 cm³/mol. The SMILES string of the molecule is COc1cc([C@H]2[C@H](NC(=O)C3CC3)CC(=O)N2c2ccc3c(cnn3-c3ccc(F)cc3)c2)ccc1F. The summed E-state index contributed by atoms with van der Waals surface area (Å²) in [6.07, 6.45) is 3.50. The van der Waals surface area contributed by atoms with Gasteiger partial charge < -0.3 is 15.0 Å². The maximum absolute atomic E-state index is 14.2. The third-order valence-corrected chi connectivity index (χ3v) is 7.02. The van der Waals surface area contributed by atoms with E-state index in [1.165, 1.54) is 25.3 Å². The van der Waals surface area contributed by atoms with E-state index in [1.807, 2.05) is 18.2 Å². The standard InChI is InChI=1S/C28H24F2N4O3/c1-37-25-13-17(4-10-22(25)30)27-23(32-28(36)16-2-3-16)14-26(35)33(27)21-9-11-24-18(12-21)15-31-34(24)20-7-5-19(29)6-8-20/h4-13,15-16,23,27H,2-3,14H2,1H3,(H,32,36)/t23-,27+/m1/s1. The number of ether oxygens (including phenoxy) is 1. The molecule has 2 aliphatic rings. The van der Waals surface area contributed by atoms with Gasteiger partial charge in [-0.3, -0.25) is 9.59 Å². The van der Waals surface area contributed by atoms with Gasteiger partial charge in [0.25, 0.3) is 0 Å². The molecular weight excluding hydrogens is 478 g/mol. The Morgan fingerprint density at radius 1 is 1.03 bits per heavy atom. The van der Waals surface area contributed by atoms with E-state index in [0.29, 0.717) is 16.9 Å². The molecule has 3 aromatic carbocycles. The van der Waals surface area contributed by atoms with Crippen molar-refractivity contribution < 1.29 is 23.1 Å². The summed E-state index contributed by atoms with van der Waals surface area (Å²) in [5.41, 5.74) is 2.79. The number of fused-ring (bicyclic) bond motifs is 1. The second kappa shape index (κ2) is 8.99. The Bertz CT molecular complexity index is 1510. The largest absolute Gasteiger partial charge is 0.494 e. The Hall–Kier alpha value is -4.27. The van der Waals surface area contributed by atoms with Gasteiger partial charge in [0.2, 0.25) is 11.8 Å². The minimum absolute atomic E-state index is 0.0128. The molecule has 37 heavy (non-hydrogen) atoms. The molecule has 0 bridgehead atoms. The average Bonchev–Trinajstić information content (AvgIpc) is 3.59. The molecule has 4 aromatic rings. The number of carbonyl (C=O) groups excluding carboxylic acids is 2. The predicted octanol–water partition coefficient (Wildman–Crippen LogP) is 4.69. The summed E-state index contributed by atoms with van der Waals surface area (Å²) in [5.74, 6) is -0.993. The van der Waals surface area contributed by atoms with Crippen LogP contribution in [-0.2, 0) is 9.59 Å². The monoisotopic (exact) mass is 502 g/mol. The van der Waals surface area contributed by atoms with E-state index in [0.717, 1.165) is 23.7 Å². The van der Waals surface area contributed by atoms with E-state index < -0.39 is 17.9 Å². The number of rotatable bonds is 6. The van der Waals surface area contributed by atoms with Crippen molar-refractivity contribution in [1.82, 2.24) is 15.1 Å². The van der Waals surface area contributed by atoms with Gasteiger partial charge in [0.15, 0.2) is 11.6 Å². The lowest BCUT2D eigenvalue weighted by Crippen LogP contribution is -2.40. The van der Waals surface area contributed by atoms with Gasteiger partial charge in [-0.05, 0) is 73.0 Å². The first kappa shape index (κ1) is 23.1. The summed E-state index contributed by atoms with van der Waals surface area (Å²) >= 11 is 0. The summed E-state index contributed by atoms with van der Waals surface area (Å²) in [6, 6.07) is 15.0. The Kier molecular flexibility index (Phi) is 5.62. The first-order valence-corrected chi connectivity index (χ1v) is 12.1. The number of halogens is 2. The summed E-state index contributed by atoms with van der Waals surface area (Å²) in [4.78, 5) is 27.7. The first-order chi connectivity index (χ1) is 17.9. The highest BCUT2D eigenvalue weighted by atomic mass is 19.1. The molecule has 9 heteroatoms. The number of hydrogen-bond acceptors (Lipinski definition) is 4. The number of anilines is 1. The van der Waals surface area contributed by atoms with Gasteiger partial charge in [-0.15, -0.1) is 0 Å². The Labute approximate surface area is 211 Å². The van der Waals surface area contributed by atoms with Crippen LogP contribution in [0.25, 0.3) is 16.6 Å². The van der Waals surface area contributed by atoms with Gasteiger partial charge in [-0.25, -0.2) is 13.5 Å². The molecule has 7 nitrogen and oxygen atoms in total. The number of methoxy groups -OCH3 is 1. The lowest BCUT2D eigenvalue weighted by atomic mass is 9.98. The van der Waals surface area contributed by atoms with E-state index >= 15 is 0 Å². The molecule has 6 rings (SSSR count). The van der Waals surface area contributed by atoms with Crippen LogP contribution in [0.1, 0.15) is 30.9 Å². The maximum Gasteiger partial charge on any atom is 0.229 e. The number of benzene rings is 3. The number of nitrogens with one attached hydrogen (secondary N) is 1. The minimum atomic E-state index is -0.547. The zero-order valence-electron chi connectivity index (χ0n) is 20.0. The third kappa shape index (κ3) is 4.20. The van der Waals surface area contributed by atoms with Crippen LogP contribution in [0.15, 0.2) is 66.9 Å². The first-order valence-electron chi connectivity index (χ1n) is 12.1. The molecule has 1 saturated carbocycles. The van der Waals surface area contributed by atoms with Crippen LogP contribution < -0.4 is 15.0 Å². The Morgan fingerprint density at radius 3 is 2.51 bits per heavy atom. The van der Waals surface area contributed by atoms with Crippen LogP contribution in [0.5, 0.6) is 5.75 Å². The number of amides is 2. The smallest absolute Gasteiger partial charge is 0.229 e. The molecule has 2 fully saturated rings. The second-order valence-corrected chi connectivity index (χ2v) is 9.47. The normalized spacial score (nSPS) is 19.4. The fourth-order valence-electron chi connectivity index (χ4n) is 5.01. The number of carbonyl (C=O) groups is 2. The lowest BCUT2D eigenvalue weighted by molar-refractivity contribution is -0.123. The lowest BCUT2D eigenvalue weighted by Gasteiger charge is -2.29. The van der Waals surface area contributed by atoms with Crippen LogP contribution in [-0.4, -0.2) is 34.7 Å². The van der Waals surface area contributed by atoms with E-state index in [9.17, 15) is 18.4 Å². The Balaban J connectivity index is 1.40. The fraction of sp³-hybridized carbons (Fsp3) is 0.250. The van der Waals surface area contributed by atoms with Crippen LogP contribution in [0.2, 0.25) is 0 Å². The molecule has 1 N–H and O–H groups in total. The van der Waals surface area contributed by atoms with Crippen molar-refractivity contribution >= 4 is 28.4 Å². The van der Waals surface area contributed by atoms with Crippen molar-refractivity contribution in [2.75, 3.05) is 12.0 Å². The van der Waals surface area contributed by atoms with Gasteiger partial charge in [-0.1, -0.05) is 6.07 Å². The molecule has 1 aromatic heterocycles. The van der Waals surface area contributed by atoms with Gasteiger partial charge in [0.1, 0.15) is 5.82 Å². The summed E-state index contributed by atoms with van der Waals surface area (Å²) in [7, 11) is 1.39. The van der Waals surface area contributed by atoms with Crippen LogP contribution in [0.3, 0.4) is 0 Å². The fourth-order valence-corrected chi connectivity index (χ4v) is 5.01. The van der Waals surface area contributed by atoms with E-state index in [4.69, 9.17) is 4.74 Å². The van der Waals surface area contributed by atoms with Crippen molar-refractivity contribution in [2.45, 2.75) is 31.3 Å². The Morgan fingerprint density at radius 2 is 1.78 bits per heavy atom. The van der Waals surface area contributed by atoms with Crippen molar-refractivity contribution in [3.63, 3.8) is 0 Å². The van der Waals surface area contributed by atoms with Crippen LogP contribution >= 0.6 is 0 Å². The van der Waals surface area contributed by atoms with Gasteiger partial charge in [0, 0.05) is 23.4 Å². The molecule has 0 radical (unpaired) electrons. The van der Waals surface area contributed by atoms with Crippen molar-refractivity contribution in [2.24, 2.45) is 5.92 Å². The third-order valence-electron chi connectivity index (χ3n) is 7.02. The number of nitrogens with zero attached hydrogens (tertiary/aromatic N) is 3. The highest BCUT2D eigenvalue weighted by Gasteiger charge is 2.44. The summed E-state index contributed by atoms with van der Waals surface area (Å²) < 4.78 is 34.5. The van der Waals surface area contributed by atoms with Crippen molar-refractivity contribution in [1.29, 1.82) is 0 Å². The highest BCUT2D eigenvalue weighted by Crippen LogP contribution is 2.40. The molecule has 1 aliphatic carbocycles. The van der Waals surface area contributed by atoms with Gasteiger partial charge in [-0.2, -0.15) is 5.10 Å². The number of hydrogen-bond donors (Lipinski definition) is 1. The molecule has 0 unspecified atom stereocenters. The second-order valence-electron chi connectivity index (χ2n) is 9.47. The van der Waals surface area contributed by atoms with E-state index in [1.54, 1.807) is 40.0 Å². The van der Waals surface area contributed by atoms with Gasteiger partial charge in [0.05, 0.1) is 36.6 Å². The van der Waals surface area contributed by atoms with Crippen molar-refractivity contribution in [3.8, 4) is 11.4 Å². The summed E-state index contributed by atoms with van der Waals surface area (Å²) in [5, 5.41) is 8.29. The molecule has 0 spiro atoms. The molecule has 1 aliphatic heterocycles. The topological polar surface area (TPSA) is 76.5 Å². The quantitative estimate of drug-likeness (QED) is 0.415. The summed E-state index contributed by atoms with van der Waals surface area (Å²) in [6.45, 7) is 0. The molecule has 1 saturated heterocycles. The van der Waals surface area contributed by atoms with Crippen LogP contribution in [0, 0.1) is 17.6 Å². The zero-order chi connectivity index (χ0) is 25.7. The molecule has 2 amide bonds. The zero-order valence-corrected chi connectivity index (χ0v) is 20.0. The van der Waals surface area contributed by atoms with Gasteiger partial charge >= 0.3 is 0 Å². The molecular formula is C28H24F2N4O3. The highest BCUT2D eigenvalue weighted by molar-refractivity contribution is 6.00.